The van der Waals surface area contributed by atoms with E-state index in [9.17, 15) is 0 Å². The van der Waals surface area contributed by atoms with Crippen LogP contribution in [0.1, 0.15) is 28.9 Å². The summed E-state index contributed by atoms with van der Waals surface area (Å²) in [6, 6.07) is 12.5. The van der Waals surface area contributed by atoms with Crippen LogP contribution in [0.5, 0.6) is 0 Å². The van der Waals surface area contributed by atoms with Gasteiger partial charge in [-0.2, -0.15) is 10.2 Å². The van der Waals surface area contributed by atoms with Crippen LogP contribution in [0.15, 0.2) is 53.8 Å². The van der Waals surface area contributed by atoms with Gasteiger partial charge in [0.05, 0.1) is 12.2 Å². The summed E-state index contributed by atoms with van der Waals surface area (Å²) in [5.41, 5.74) is 4.76. The van der Waals surface area contributed by atoms with Crippen LogP contribution < -0.4 is 10.6 Å². The number of guanidine groups is 1. The first-order valence-electron chi connectivity index (χ1n) is 9.65. The average molecular weight is 507 g/mol. The molecule has 0 amide bonds. The molecule has 0 bridgehead atoms. The molecule has 0 aliphatic rings. The van der Waals surface area contributed by atoms with Crippen molar-refractivity contribution in [3.63, 3.8) is 0 Å². The van der Waals surface area contributed by atoms with Crippen molar-refractivity contribution in [2.24, 2.45) is 4.99 Å². The van der Waals surface area contributed by atoms with Crippen LogP contribution in [0.3, 0.4) is 0 Å². The summed E-state index contributed by atoms with van der Waals surface area (Å²) in [6.45, 7) is 7.34. The van der Waals surface area contributed by atoms with Gasteiger partial charge in [0, 0.05) is 44.8 Å². The zero-order chi connectivity index (χ0) is 19.8. The van der Waals surface area contributed by atoms with E-state index in [1.807, 2.05) is 23.9 Å². The molecule has 1 aromatic carbocycles. The fourth-order valence-corrected chi connectivity index (χ4v) is 3.19. The Morgan fingerprint density at radius 3 is 2.55 bits per heavy atom. The minimum Gasteiger partial charge on any atom is -0.356 e. The third-order valence-electron chi connectivity index (χ3n) is 4.62. The normalized spacial score (nSPS) is 11.2. The van der Waals surface area contributed by atoms with E-state index in [1.165, 1.54) is 16.8 Å². The van der Waals surface area contributed by atoms with E-state index in [4.69, 9.17) is 0 Å². The second-order valence-corrected chi connectivity index (χ2v) is 6.83. The van der Waals surface area contributed by atoms with Crippen molar-refractivity contribution in [1.29, 1.82) is 0 Å². The van der Waals surface area contributed by atoms with Crippen LogP contribution in [0, 0.1) is 13.8 Å². The van der Waals surface area contributed by atoms with E-state index in [0.717, 1.165) is 37.7 Å². The molecular formula is C21H30IN7. The van der Waals surface area contributed by atoms with Crippen LogP contribution in [0.4, 0.5) is 0 Å². The summed E-state index contributed by atoms with van der Waals surface area (Å²) >= 11 is 0. The van der Waals surface area contributed by atoms with Crippen molar-refractivity contribution < 1.29 is 0 Å². The Kier molecular flexibility index (Phi) is 9.17. The molecule has 0 aliphatic carbocycles. The summed E-state index contributed by atoms with van der Waals surface area (Å²) < 4.78 is 3.99. The Morgan fingerprint density at radius 1 is 1.10 bits per heavy atom. The van der Waals surface area contributed by atoms with Crippen LogP contribution >= 0.6 is 24.0 Å². The summed E-state index contributed by atoms with van der Waals surface area (Å²) in [4.78, 5) is 4.33. The molecule has 0 unspecified atom stereocenters. The van der Waals surface area contributed by atoms with E-state index in [-0.39, 0.29) is 24.0 Å². The molecule has 2 aromatic heterocycles. The molecule has 0 saturated carbocycles. The van der Waals surface area contributed by atoms with Gasteiger partial charge in [0.1, 0.15) is 0 Å². The lowest BCUT2D eigenvalue weighted by molar-refractivity contribution is 0.555. The Labute approximate surface area is 189 Å². The average Bonchev–Trinajstić information content (AvgIpc) is 3.31. The smallest absolute Gasteiger partial charge is 0.191 e. The van der Waals surface area contributed by atoms with E-state index < -0.39 is 0 Å². The second-order valence-electron chi connectivity index (χ2n) is 6.83. The lowest BCUT2D eigenvalue weighted by Gasteiger charge is -2.14. The molecule has 0 atom stereocenters. The quantitative estimate of drug-likeness (QED) is 0.213. The first kappa shape index (κ1) is 22.9. The summed E-state index contributed by atoms with van der Waals surface area (Å²) in [6.07, 6.45) is 4.77. The van der Waals surface area contributed by atoms with Crippen molar-refractivity contribution in [3.05, 3.63) is 71.3 Å². The summed E-state index contributed by atoms with van der Waals surface area (Å²) in [5, 5.41) is 15.6. The summed E-state index contributed by atoms with van der Waals surface area (Å²) in [5.74, 6) is 0.808. The number of rotatable bonds is 8. The predicted molar refractivity (Wildman–Crippen MR) is 128 cm³/mol. The zero-order valence-electron chi connectivity index (χ0n) is 17.3. The molecule has 0 aliphatic heterocycles. The number of aromatic nitrogens is 4. The highest BCUT2D eigenvalue weighted by atomic mass is 127. The SMILES string of the molecule is CN=C(NCCCn1nc(C)cc1C)NCc1ccccc1Cn1cccn1.I. The Balaban J connectivity index is 0.00000300. The van der Waals surface area contributed by atoms with Gasteiger partial charge < -0.3 is 10.6 Å². The van der Waals surface area contributed by atoms with E-state index in [2.05, 4.69) is 67.8 Å². The standard InChI is InChI=1S/C21H29N7.HI/c1-17-14-18(2)28(26-17)13-6-10-23-21(22-3)24-15-19-8-4-5-9-20(19)16-27-12-7-11-25-27;/h4-5,7-9,11-12,14H,6,10,13,15-16H2,1-3H3,(H2,22,23,24);1H. The molecule has 2 N–H and O–H groups in total. The fourth-order valence-electron chi connectivity index (χ4n) is 3.19. The number of aryl methyl sites for hydroxylation is 3. The van der Waals surface area contributed by atoms with Crippen molar-refractivity contribution in [3.8, 4) is 0 Å². The van der Waals surface area contributed by atoms with Crippen LogP contribution in [0.25, 0.3) is 0 Å². The maximum atomic E-state index is 4.50. The van der Waals surface area contributed by atoms with Crippen molar-refractivity contribution in [2.75, 3.05) is 13.6 Å². The zero-order valence-corrected chi connectivity index (χ0v) is 19.6. The molecular weight excluding hydrogens is 477 g/mol. The molecule has 0 radical (unpaired) electrons. The number of hydrogen-bond donors (Lipinski definition) is 2. The lowest BCUT2D eigenvalue weighted by Crippen LogP contribution is -2.37. The maximum Gasteiger partial charge on any atom is 0.191 e. The third-order valence-corrected chi connectivity index (χ3v) is 4.62. The highest BCUT2D eigenvalue weighted by molar-refractivity contribution is 14.0. The number of benzene rings is 1. The first-order chi connectivity index (χ1) is 13.7. The van der Waals surface area contributed by atoms with Gasteiger partial charge >= 0.3 is 0 Å². The van der Waals surface area contributed by atoms with Crippen molar-refractivity contribution in [1.82, 2.24) is 30.2 Å². The second kappa shape index (κ2) is 11.6. The van der Waals surface area contributed by atoms with Crippen molar-refractivity contribution >= 4 is 29.9 Å². The molecule has 7 nitrogen and oxygen atoms in total. The number of halogens is 1. The lowest BCUT2D eigenvalue weighted by atomic mass is 10.1. The van der Waals surface area contributed by atoms with Crippen LogP contribution in [-0.2, 0) is 19.6 Å². The molecule has 3 rings (SSSR count). The highest BCUT2D eigenvalue weighted by Gasteiger charge is 2.05. The maximum absolute atomic E-state index is 4.50. The number of aliphatic imine (C=N–C) groups is 1. The molecule has 29 heavy (non-hydrogen) atoms. The van der Waals surface area contributed by atoms with Crippen molar-refractivity contribution in [2.45, 2.75) is 39.9 Å². The van der Waals surface area contributed by atoms with Gasteiger partial charge in [0.25, 0.3) is 0 Å². The molecule has 0 saturated heterocycles. The number of hydrogen-bond acceptors (Lipinski definition) is 3. The largest absolute Gasteiger partial charge is 0.356 e. The van der Waals surface area contributed by atoms with Crippen LogP contribution in [0.2, 0.25) is 0 Å². The predicted octanol–water partition coefficient (Wildman–Crippen LogP) is 3.12. The van der Waals surface area contributed by atoms with Gasteiger partial charge in [-0.3, -0.25) is 14.4 Å². The Hall–Kier alpha value is -2.36. The molecule has 156 valence electrons. The van der Waals surface area contributed by atoms with Gasteiger partial charge in [-0.15, -0.1) is 24.0 Å². The van der Waals surface area contributed by atoms with Gasteiger partial charge in [-0.05, 0) is 43.5 Å². The van der Waals surface area contributed by atoms with E-state index >= 15 is 0 Å². The monoisotopic (exact) mass is 507 g/mol. The van der Waals surface area contributed by atoms with E-state index in [1.54, 1.807) is 13.2 Å². The van der Waals surface area contributed by atoms with Gasteiger partial charge in [0.15, 0.2) is 5.96 Å². The van der Waals surface area contributed by atoms with Gasteiger partial charge in [-0.25, -0.2) is 0 Å². The Morgan fingerprint density at radius 2 is 1.90 bits per heavy atom. The van der Waals surface area contributed by atoms with Gasteiger partial charge in [-0.1, -0.05) is 24.3 Å². The van der Waals surface area contributed by atoms with Gasteiger partial charge in [0.2, 0.25) is 0 Å². The van der Waals surface area contributed by atoms with E-state index in [0.29, 0.717) is 6.54 Å². The minimum absolute atomic E-state index is 0. The number of nitrogens with one attached hydrogen (secondary N) is 2. The Bertz CT molecular complexity index is 900. The molecule has 8 heteroatoms. The highest BCUT2D eigenvalue weighted by Crippen LogP contribution is 2.10. The van der Waals surface area contributed by atoms with Crippen LogP contribution in [-0.4, -0.2) is 39.1 Å². The minimum atomic E-state index is 0. The molecule has 3 aromatic rings. The fraction of sp³-hybridized carbons (Fsp3) is 0.381. The first-order valence-corrected chi connectivity index (χ1v) is 9.65. The topological polar surface area (TPSA) is 72.1 Å². The molecule has 2 heterocycles. The molecule has 0 fully saturated rings. The molecule has 0 spiro atoms. The summed E-state index contributed by atoms with van der Waals surface area (Å²) in [7, 11) is 1.80. The third kappa shape index (κ3) is 6.88. The number of nitrogens with zero attached hydrogens (tertiary/aromatic N) is 5.